The number of fused-ring (bicyclic) bond motifs is 1. The van der Waals surface area contributed by atoms with Crippen molar-refractivity contribution in [1.82, 2.24) is 4.98 Å². The van der Waals surface area contributed by atoms with E-state index in [1.807, 2.05) is 0 Å². The Morgan fingerprint density at radius 1 is 1.52 bits per heavy atom. The molecule has 1 aromatic carbocycles. The number of benzene rings is 1. The zero-order valence-corrected chi connectivity index (χ0v) is 15.0. The van der Waals surface area contributed by atoms with Gasteiger partial charge in [0, 0.05) is 11.6 Å². The molecule has 2 fully saturated rings. The van der Waals surface area contributed by atoms with Crippen molar-refractivity contribution in [2.24, 2.45) is 11.8 Å². The van der Waals surface area contributed by atoms with Crippen LogP contribution in [0.4, 0.5) is 20.7 Å². The third-order valence-corrected chi connectivity index (χ3v) is 5.14. The number of cyclic esters (lactones) is 1. The minimum Gasteiger partial charge on any atom is -0.447 e. The molecule has 0 spiro atoms. The fourth-order valence-electron chi connectivity index (χ4n) is 3.16. The number of carbonyl (C=O) groups excluding carboxylic acids is 2. The van der Waals surface area contributed by atoms with Gasteiger partial charge in [-0.05, 0) is 30.9 Å². The first kappa shape index (κ1) is 17.5. The summed E-state index contributed by atoms with van der Waals surface area (Å²) in [7, 11) is 0. The highest BCUT2D eigenvalue weighted by atomic mass is 35.5. The number of amides is 2. The molecule has 1 aliphatic carbocycles. The van der Waals surface area contributed by atoms with Crippen LogP contribution < -0.4 is 10.2 Å². The normalized spacial score (nSPS) is 23.9. The van der Waals surface area contributed by atoms with Gasteiger partial charge in [-0.3, -0.25) is 9.69 Å². The first-order chi connectivity index (χ1) is 12.9. The first-order valence-corrected chi connectivity index (χ1v) is 8.72. The molecule has 9 heteroatoms. The van der Waals surface area contributed by atoms with Gasteiger partial charge in [0.25, 0.3) is 0 Å². The SMILES string of the molecule is CC1COC(=O)N1c1cc2cc(NC(=O)C3CC3C#N)ncc2c(Cl)c1F. The summed E-state index contributed by atoms with van der Waals surface area (Å²) in [4.78, 5) is 29.3. The molecule has 3 unspecified atom stereocenters. The van der Waals surface area contributed by atoms with Crippen molar-refractivity contribution >= 4 is 45.9 Å². The van der Waals surface area contributed by atoms with Gasteiger partial charge in [0.2, 0.25) is 5.91 Å². The molecule has 1 saturated carbocycles. The average Bonchev–Trinajstić information content (AvgIpc) is 3.37. The summed E-state index contributed by atoms with van der Waals surface area (Å²) in [6.45, 7) is 1.90. The Hall–Kier alpha value is -2.92. The highest BCUT2D eigenvalue weighted by molar-refractivity contribution is 6.36. The van der Waals surface area contributed by atoms with Gasteiger partial charge in [0.1, 0.15) is 12.4 Å². The maximum Gasteiger partial charge on any atom is 0.414 e. The Morgan fingerprint density at radius 3 is 2.93 bits per heavy atom. The maximum absolute atomic E-state index is 14.7. The summed E-state index contributed by atoms with van der Waals surface area (Å²) in [5.41, 5.74) is 0.0118. The summed E-state index contributed by atoms with van der Waals surface area (Å²) in [6, 6.07) is 4.75. The molecule has 2 amide bonds. The number of carbonyl (C=O) groups is 2. The second-order valence-corrected chi connectivity index (χ2v) is 7.06. The number of rotatable bonds is 3. The smallest absolute Gasteiger partial charge is 0.414 e. The molecule has 3 atom stereocenters. The Kier molecular flexibility index (Phi) is 4.12. The topological polar surface area (TPSA) is 95.3 Å². The molecule has 2 heterocycles. The molecule has 1 saturated heterocycles. The van der Waals surface area contributed by atoms with E-state index in [9.17, 15) is 14.0 Å². The van der Waals surface area contributed by atoms with Crippen molar-refractivity contribution < 1.29 is 18.7 Å². The number of nitrogens with one attached hydrogen (secondary N) is 1. The fourth-order valence-corrected chi connectivity index (χ4v) is 3.41. The lowest BCUT2D eigenvalue weighted by Gasteiger charge is -2.20. The van der Waals surface area contributed by atoms with Crippen LogP contribution in [0.15, 0.2) is 18.3 Å². The van der Waals surface area contributed by atoms with E-state index in [4.69, 9.17) is 21.6 Å². The predicted octanol–water partition coefficient (Wildman–Crippen LogP) is 3.47. The minimum absolute atomic E-state index is 0.0118. The highest BCUT2D eigenvalue weighted by Crippen LogP contribution is 2.39. The Labute approximate surface area is 158 Å². The lowest BCUT2D eigenvalue weighted by atomic mass is 10.1. The lowest BCUT2D eigenvalue weighted by molar-refractivity contribution is -0.117. The zero-order valence-electron chi connectivity index (χ0n) is 14.2. The summed E-state index contributed by atoms with van der Waals surface area (Å²) in [6.07, 6.45) is 1.25. The Morgan fingerprint density at radius 2 is 2.30 bits per heavy atom. The molecular weight excluding hydrogens is 375 g/mol. The number of hydrogen-bond donors (Lipinski definition) is 1. The van der Waals surface area contributed by atoms with Gasteiger partial charge in [0.05, 0.1) is 34.7 Å². The van der Waals surface area contributed by atoms with Crippen LogP contribution in [0.5, 0.6) is 0 Å². The summed E-state index contributed by atoms with van der Waals surface area (Å²) in [5.74, 6) is -1.34. The van der Waals surface area contributed by atoms with Gasteiger partial charge < -0.3 is 10.1 Å². The van der Waals surface area contributed by atoms with E-state index in [1.165, 1.54) is 17.2 Å². The average molecular weight is 389 g/mol. The molecule has 1 N–H and O–H groups in total. The maximum atomic E-state index is 14.7. The summed E-state index contributed by atoms with van der Waals surface area (Å²) >= 11 is 6.14. The van der Waals surface area contributed by atoms with Gasteiger partial charge >= 0.3 is 6.09 Å². The standard InChI is InChI=1S/C18H14ClFN4O3/c1-8-7-27-18(26)24(8)13-3-9-4-14(22-6-12(9)15(19)16(13)20)23-17(25)11-2-10(11)5-21/h3-4,6,8,10-11H,2,7H2,1H3,(H,22,23,25). The van der Waals surface area contributed by atoms with Crippen molar-refractivity contribution in [3.63, 3.8) is 0 Å². The number of nitrogens with zero attached hydrogens (tertiary/aromatic N) is 3. The predicted molar refractivity (Wildman–Crippen MR) is 95.8 cm³/mol. The lowest BCUT2D eigenvalue weighted by Crippen LogP contribution is -2.31. The van der Waals surface area contributed by atoms with Crippen molar-refractivity contribution in [3.05, 3.63) is 29.2 Å². The Bertz CT molecular complexity index is 1020. The number of anilines is 2. The summed E-state index contributed by atoms with van der Waals surface area (Å²) in [5, 5.41) is 12.2. The van der Waals surface area contributed by atoms with Gasteiger partial charge in [0.15, 0.2) is 5.82 Å². The van der Waals surface area contributed by atoms with Crippen LogP contribution in [0.2, 0.25) is 5.02 Å². The monoisotopic (exact) mass is 388 g/mol. The number of hydrogen-bond acceptors (Lipinski definition) is 5. The van der Waals surface area contributed by atoms with Crippen LogP contribution >= 0.6 is 11.6 Å². The third kappa shape index (κ3) is 2.94. The van der Waals surface area contributed by atoms with E-state index < -0.39 is 11.9 Å². The molecule has 138 valence electrons. The molecule has 2 aromatic rings. The molecular formula is C18H14ClFN4O3. The van der Waals surface area contributed by atoms with Crippen LogP contribution in [-0.4, -0.2) is 29.6 Å². The molecule has 4 rings (SSSR count). The molecule has 2 aliphatic rings. The molecule has 0 bridgehead atoms. The Balaban J connectivity index is 1.70. The number of aromatic nitrogens is 1. The number of ether oxygens (including phenoxy) is 1. The van der Waals surface area contributed by atoms with Crippen LogP contribution in [0.25, 0.3) is 10.8 Å². The zero-order chi connectivity index (χ0) is 19.3. The molecule has 27 heavy (non-hydrogen) atoms. The molecule has 0 radical (unpaired) electrons. The summed E-state index contributed by atoms with van der Waals surface area (Å²) < 4.78 is 19.7. The third-order valence-electron chi connectivity index (χ3n) is 4.77. The van der Waals surface area contributed by atoms with Crippen molar-refractivity contribution in [1.29, 1.82) is 5.26 Å². The first-order valence-electron chi connectivity index (χ1n) is 8.35. The molecule has 1 aromatic heterocycles. The van der Waals surface area contributed by atoms with E-state index in [1.54, 1.807) is 13.0 Å². The van der Waals surface area contributed by atoms with E-state index in [0.717, 1.165) is 0 Å². The van der Waals surface area contributed by atoms with Crippen molar-refractivity contribution in [2.75, 3.05) is 16.8 Å². The van der Waals surface area contributed by atoms with E-state index in [2.05, 4.69) is 16.4 Å². The largest absolute Gasteiger partial charge is 0.447 e. The van der Waals surface area contributed by atoms with Crippen LogP contribution in [-0.2, 0) is 9.53 Å². The van der Waals surface area contributed by atoms with Gasteiger partial charge in [-0.25, -0.2) is 14.2 Å². The van der Waals surface area contributed by atoms with Crippen LogP contribution in [0.3, 0.4) is 0 Å². The quantitative estimate of drug-likeness (QED) is 0.868. The number of nitriles is 1. The molecule has 1 aliphatic heterocycles. The minimum atomic E-state index is -0.733. The van der Waals surface area contributed by atoms with Gasteiger partial charge in [-0.15, -0.1) is 0 Å². The highest BCUT2D eigenvalue weighted by Gasteiger charge is 2.43. The van der Waals surface area contributed by atoms with Crippen molar-refractivity contribution in [3.8, 4) is 6.07 Å². The van der Waals surface area contributed by atoms with Crippen molar-refractivity contribution in [2.45, 2.75) is 19.4 Å². The van der Waals surface area contributed by atoms with Crippen LogP contribution in [0.1, 0.15) is 13.3 Å². The number of halogens is 2. The van der Waals surface area contributed by atoms with E-state index >= 15 is 0 Å². The van der Waals surface area contributed by atoms with E-state index in [0.29, 0.717) is 17.2 Å². The second-order valence-electron chi connectivity index (χ2n) is 6.68. The molecule has 7 nitrogen and oxygen atoms in total. The fraction of sp³-hybridized carbons (Fsp3) is 0.333. The number of pyridine rings is 1. The van der Waals surface area contributed by atoms with E-state index in [-0.39, 0.29) is 46.9 Å². The second kappa shape index (κ2) is 6.35. The van der Waals surface area contributed by atoms with Gasteiger partial charge in [-0.1, -0.05) is 11.6 Å². The van der Waals surface area contributed by atoms with Crippen LogP contribution in [0, 0.1) is 29.0 Å². The van der Waals surface area contributed by atoms with Gasteiger partial charge in [-0.2, -0.15) is 5.26 Å².